The molecule has 0 atom stereocenters. The highest BCUT2D eigenvalue weighted by Gasteiger charge is 2.37. The fourth-order valence-electron chi connectivity index (χ4n) is 3.71. The molecule has 1 saturated carbocycles. The second kappa shape index (κ2) is 5.99. The molecule has 4 aromatic rings. The maximum Gasteiger partial charge on any atom is 0.240 e. The molecule has 0 radical (unpaired) electrons. The number of fused-ring (bicyclic) bond motifs is 1. The van der Waals surface area contributed by atoms with Crippen LogP contribution >= 0.6 is 0 Å². The minimum atomic E-state index is -0.363. The minimum absolute atomic E-state index is 0.0835. The van der Waals surface area contributed by atoms with Crippen LogP contribution in [0.4, 0.5) is 0 Å². The summed E-state index contributed by atoms with van der Waals surface area (Å²) < 4.78 is 1.54. The Hall–Kier alpha value is -3.54. The third-order valence-corrected chi connectivity index (χ3v) is 5.27. The van der Waals surface area contributed by atoms with Crippen molar-refractivity contribution in [2.45, 2.75) is 19.8 Å². The van der Waals surface area contributed by atoms with Gasteiger partial charge in [0.15, 0.2) is 11.5 Å². The first-order valence-electron chi connectivity index (χ1n) is 9.26. The highest BCUT2D eigenvalue weighted by atomic mass is 16.3. The molecule has 2 heterocycles. The fraction of sp³-hybridized carbons (Fsp3) is 0.182. The molecule has 0 bridgehead atoms. The number of hydrogen-bond donors (Lipinski definition) is 3. The number of aromatic hydroxyl groups is 2. The van der Waals surface area contributed by atoms with Crippen molar-refractivity contribution in [3.8, 4) is 28.6 Å². The van der Waals surface area contributed by atoms with Crippen LogP contribution in [0.5, 0.6) is 11.6 Å². The van der Waals surface area contributed by atoms with E-state index in [0.29, 0.717) is 11.4 Å². The van der Waals surface area contributed by atoms with E-state index in [1.165, 1.54) is 0 Å². The molecule has 0 spiro atoms. The van der Waals surface area contributed by atoms with E-state index in [9.17, 15) is 15.0 Å². The maximum atomic E-state index is 13.0. The summed E-state index contributed by atoms with van der Waals surface area (Å²) in [6.45, 7) is 1.97. The van der Waals surface area contributed by atoms with Crippen LogP contribution < -0.4 is 0 Å². The average molecular weight is 373 g/mol. The monoisotopic (exact) mass is 373 g/mol. The number of carbonyl (C=O) groups is 1. The molecule has 140 valence electrons. The van der Waals surface area contributed by atoms with E-state index in [0.717, 1.165) is 35.0 Å². The predicted octanol–water partition coefficient (Wildman–Crippen LogP) is 4.33. The molecule has 0 aliphatic heterocycles. The number of H-pyrrole nitrogens is 1. The number of hydrogen-bond acceptors (Lipinski definition) is 4. The quantitative estimate of drug-likeness (QED) is 0.464. The van der Waals surface area contributed by atoms with E-state index < -0.39 is 0 Å². The lowest BCUT2D eigenvalue weighted by Crippen LogP contribution is -2.05. The van der Waals surface area contributed by atoms with Crippen LogP contribution in [0.1, 0.15) is 28.8 Å². The van der Waals surface area contributed by atoms with Crippen molar-refractivity contribution in [2.24, 2.45) is 5.92 Å². The number of carbonyl (C=O) groups excluding carboxylic acids is 1. The van der Waals surface area contributed by atoms with Gasteiger partial charge in [-0.3, -0.25) is 9.36 Å². The molecule has 3 N–H and O–H groups in total. The van der Waals surface area contributed by atoms with Gasteiger partial charge in [-0.2, -0.15) is 0 Å². The molecule has 0 unspecified atom stereocenters. The number of aromatic nitrogens is 3. The first-order chi connectivity index (χ1) is 13.5. The summed E-state index contributed by atoms with van der Waals surface area (Å²) in [5, 5.41) is 21.5. The van der Waals surface area contributed by atoms with Crippen LogP contribution in [0.3, 0.4) is 0 Å². The van der Waals surface area contributed by atoms with Crippen LogP contribution in [0.25, 0.3) is 28.0 Å². The molecular formula is C22H19N3O3. The number of rotatable bonds is 4. The van der Waals surface area contributed by atoms with E-state index in [-0.39, 0.29) is 28.9 Å². The van der Waals surface area contributed by atoms with Crippen molar-refractivity contribution in [1.29, 1.82) is 0 Å². The van der Waals surface area contributed by atoms with Gasteiger partial charge in [-0.1, -0.05) is 23.8 Å². The van der Waals surface area contributed by atoms with Crippen LogP contribution in [0.2, 0.25) is 0 Å². The van der Waals surface area contributed by atoms with Crippen LogP contribution in [-0.4, -0.2) is 30.5 Å². The SMILES string of the molecule is Cc1cccc(-c2c(C(=O)C3CC3)c(O)c(O)n2-c2ccc3nc[nH]c3c2)c1. The molecule has 1 aliphatic rings. The van der Waals surface area contributed by atoms with E-state index >= 15 is 0 Å². The molecule has 2 aromatic heterocycles. The summed E-state index contributed by atoms with van der Waals surface area (Å²) in [4.78, 5) is 20.2. The van der Waals surface area contributed by atoms with Gasteiger partial charge >= 0.3 is 0 Å². The number of ketones is 1. The van der Waals surface area contributed by atoms with Gasteiger partial charge in [0.2, 0.25) is 5.88 Å². The lowest BCUT2D eigenvalue weighted by molar-refractivity contribution is 0.0965. The summed E-state index contributed by atoms with van der Waals surface area (Å²) in [6.07, 6.45) is 3.24. The maximum absolute atomic E-state index is 13.0. The van der Waals surface area contributed by atoms with Crippen molar-refractivity contribution in [3.63, 3.8) is 0 Å². The van der Waals surface area contributed by atoms with Gasteiger partial charge in [-0.05, 0) is 49.6 Å². The van der Waals surface area contributed by atoms with Gasteiger partial charge in [0, 0.05) is 5.92 Å². The number of aromatic amines is 1. The van der Waals surface area contributed by atoms with E-state index in [4.69, 9.17) is 0 Å². The molecule has 1 aliphatic carbocycles. The molecule has 5 rings (SSSR count). The third kappa shape index (κ3) is 2.49. The van der Waals surface area contributed by atoms with Crippen molar-refractivity contribution in [3.05, 3.63) is 59.9 Å². The highest BCUT2D eigenvalue weighted by Crippen LogP contribution is 2.47. The molecule has 2 aromatic carbocycles. The van der Waals surface area contributed by atoms with Crippen molar-refractivity contribution >= 4 is 16.8 Å². The van der Waals surface area contributed by atoms with Gasteiger partial charge < -0.3 is 15.2 Å². The molecule has 6 heteroatoms. The van der Waals surface area contributed by atoms with Crippen LogP contribution in [0.15, 0.2) is 48.8 Å². The van der Waals surface area contributed by atoms with Crippen molar-refractivity contribution in [2.75, 3.05) is 0 Å². The van der Waals surface area contributed by atoms with Gasteiger partial charge in [-0.15, -0.1) is 0 Å². The topological polar surface area (TPSA) is 91.1 Å². The number of imidazole rings is 1. The lowest BCUT2D eigenvalue weighted by Gasteiger charge is -2.12. The largest absolute Gasteiger partial charge is 0.503 e. The molecular weight excluding hydrogens is 354 g/mol. The van der Waals surface area contributed by atoms with Crippen molar-refractivity contribution in [1.82, 2.24) is 14.5 Å². The minimum Gasteiger partial charge on any atom is -0.503 e. The summed E-state index contributed by atoms with van der Waals surface area (Å²) in [5.74, 6) is -0.900. The Morgan fingerprint density at radius 3 is 2.75 bits per heavy atom. The van der Waals surface area contributed by atoms with Gasteiger partial charge in [0.25, 0.3) is 0 Å². The zero-order valence-corrected chi connectivity index (χ0v) is 15.3. The van der Waals surface area contributed by atoms with Gasteiger partial charge in [0.05, 0.1) is 34.3 Å². The smallest absolute Gasteiger partial charge is 0.240 e. The number of benzene rings is 2. The summed E-state index contributed by atoms with van der Waals surface area (Å²) in [6, 6.07) is 13.2. The Bertz CT molecular complexity index is 1230. The van der Waals surface area contributed by atoms with Gasteiger partial charge in [0.1, 0.15) is 0 Å². The Kier molecular flexibility index (Phi) is 3.55. The Morgan fingerprint density at radius 1 is 1.18 bits per heavy atom. The van der Waals surface area contributed by atoms with E-state index in [1.54, 1.807) is 10.9 Å². The molecule has 0 amide bonds. The average Bonchev–Trinajstić information content (AvgIpc) is 3.38. The van der Waals surface area contributed by atoms with E-state index in [2.05, 4.69) is 9.97 Å². The first-order valence-corrected chi connectivity index (χ1v) is 9.26. The second-order valence-corrected chi connectivity index (χ2v) is 7.34. The zero-order chi connectivity index (χ0) is 19.4. The normalized spacial score (nSPS) is 13.9. The fourth-order valence-corrected chi connectivity index (χ4v) is 3.71. The van der Waals surface area contributed by atoms with E-state index in [1.807, 2.05) is 49.4 Å². The summed E-state index contributed by atoms with van der Waals surface area (Å²) >= 11 is 0. The number of nitrogens with zero attached hydrogens (tertiary/aromatic N) is 2. The lowest BCUT2D eigenvalue weighted by atomic mass is 10.00. The number of aryl methyl sites for hydroxylation is 1. The third-order valence-electron chi connectivity index (χ3n) is 5.27. The molecule has 0 saturated heterocycles. The molecule has 1 fully saturated rings. The first kappa shape index (κ1) is 16.6. The number of nitrogens with one attached hydrogen (secondary N) is 1. The predicted molar refractivity (Wildman–Crippen MR) is 106 cm³/mol. The Labute approximate surface area is 161 Å². The highest BCUT2D eigenvalue weighted by molar-refractivity contribution is 6.08. The summed E-state index contributed by atoms with van der Waals surface area (Å²) in [5.41, 5.74) is 4.73. The summed E-state index contributed by atoms with van der Waals surface area (Å²) in [7, 11) is 0. The number of Topliss-reactive ketones (excluding diaryl/α,β-unsaturated/α-hetero) is 1. The molecule has 28 heavy (non-hydrogen) atoms. The Morgan fingerprint density at radius 2 is 2.00 bits per heavy atom. The standard InChI is InChI=1S/C22H19N3O3/c1-12-3-2-4-14(9-12)19-18(20(26)13-5-6-13)21(27)22(28)25(19)15-7-8-16-17(10-15)24-11-23-16/h2-4,7-11,13,27-28H,5-6H2,1H3,(H,23,24). The van der Waals surface area contributed by atoms with Crippen molar-refractivity contribution < 1.29 is 15.0 Å². The van der Waals surface area contributed by atoms with Crippen LogP contribution in [-0.2, 0) is 0 Å². The van der Waals surface area contributed by atoms with Crippen LogP contribution in [0, 0.1) is 12.8 Å². The van der Waals surface area contributed by atoms with Gasteiger partial charge in [-0.25, -0.2) is 4.98 Å². The Balaban J connectivity index is 1.82. The molecule has 6 nitrogen and oxygen atoms in total. The second-order valence-electron chi connectivity index (χ2n) is 7.34. The zero-order valence-electron chi connectivity index (χ0n) is 15.3.